The van der Waals surface area contributed by atoms with Crippen LogP contribution in [0.15, 0.2) is 42.6 Å². The number of amides is 1. The van der Waals surface area contributed by atoms with E-state index in [-0.39, 0.29) is 5.91 Å². The zero-order chi connectivity index (χ0) is 16.7. The minimum absolute atomic E-state index is 0.239. The van der Waals surface area contributed by atoms with E-state index in [1.807, 2.05) is 25.1 Å². The smallest absolute Gasteiger partial charge is 0.259 e. The van der Waals surface area contributed by atoms with Crippen molar-refractivity contribution in [2.24, 2.45) is 0 Å². The van der Waals surface area contributed by atoms with Crippen molar-refractivity contribution in [3.8, 4) is 11.6 Å². The van der Waals surface area contributed by atoms with Gasteiger partial charge >= 0.3 is 0 Å². The maximum absolute atomic E-state index is 12.4. The molecule has 0 fully saturated rings. The fourth-order valence-electron chi connectivity index (χ4n) is 1.89. The fourth-order valence-corrected chi connectivity index (χ4v) is 1.89. The Morgan fingerprint density at radius 1 is 1.22 bits per heavy atom. The van der Waals surface area contributed by atoms with Crippen LogP contribution in [0, 0.1) is 0 Å². The Bertz CT molecular complexity index is 642. The Labute approximate surface area is 136 Å². The van der Waals surface area contributed by atoms with Crippen molar-refractivity contribution in [2.75, 3.05) is 39.7 Å². The summed E-state index contributed by atoms with van der Waals surface area (Å²) in [5.74, 6) is 0.821. The maximum Gasteiger partial charge on any atom is 0.259 e. The molecule has 0 aliphatic heterocycles. The van der Waals surface area contributed by atoms with Crippen LogP contribution in [0.25, 0.3) is 0 Å². The minimum atomic E-state index is -0.239. The molecule has 0 bridgehead atoms. The molecule has 0 aliphatic rings. The van der Waals surface area contributed by atoms with Gasteiger partial charge in [0.05, 0.1) is 24.6 Å². The third-order valence-corrected chi connectivity index (χ3v) is 3.13. The second-order valence-corrected chi connectivity index (χ2v) is 5.19. The van der Waals surface area contributed by atoms with Crippen LogP contribution in [0.2, 0.25) is 0 Å². The van der Waals surface area contributed by atoms with E-state index in [0.717, 1.165) is 6.54 Å². The summed E-state index contributed by atoms with van der Waals surface area (Å²) < 4.78 is 10.7. The number of methoxy groups -OCH3 is 1. The molecule has 0 spiro atoms. The molecule has 122 valence electrons. The van der Waals surface area contributed by atoms with Crippen molar-refractivity contribution in [3.63, 3.8) is 0 Å². The van der Waals surface area contributed by atoms with E-state index in [1.165, 1.54) is 0 Å². The molecular weight excluding hydrogens is 294 g/mol. The molecule has 1 N–H and O–H groups in total. The number of benzene rings is 1. The van der Waals surface area contributed by atoms with Gasteiger partial charge in [0.15, 0.2) is 0 Å². The van der Waals surface area contributed by atoms with Crippen LogP contribution in [0.5, 0.6) is 11.6 Å². The molecule has 6 heteroatoms. The van der Waals surface area contributed by atoms with E-state index in [4.69, 9.17) is 9.47 Å². The highest BCUT2D eigenvalue weighted by molar-refractivity contribution is 6.06. The number of anilines is 1. The first kappa shape index (κ1) is 16.8. The van der Waals surface area contributed by atoms with Crippen LogP contribution in [-0.2, 0) is 0 Å². The molecule has 1 amide bonds. The Hall–Kier alpha value is -2.60. The molecule has 2 rings (SSSR count). The Kier molecular flexibility index (Phi) is 5.94. The number of ether oxygens (including phenoxy) is 2. The predicted octanol–water partition coefficient (Wildman–Crippen LogP) is 2.28. The van der Waals surface area contributed by atoms with Gasteiger partial charge in [0, 0.05) is 12.6 Å². The van der Waals surface area contributed by atoms with E-state index in [0.29, 0.717) is 29.5 Å². The Morgan fingerprint density at radius 2 is 2.00 bits per heavy atom. The Balaban J connectivity index is 2.05. The maximum atomic E-state index is 12.4. The summed E-state index contributed by atoms with van der Waals surface area (Å²) in [4.78, 5) is 18.5. The van der Waals surface area contributed by atoms with Crippen LogP contribution in [-0.4, -0.2) is 50.1 Å². The number of likely N-dealkylation sites (N-methyl/N-ethyl adjacent to an activating group) is 1. The van der Waals surface area contributed by atoms with Crippen LogP contribution in [0.1, 0.15) is 10.4 Å². The second-order valence-electron chi connectivity index (χ2n) is 5.19. The number of aromatic nitrogens is 1. The normalized spacial score (nSPS) is 10.4. The number of nitrogens with zero attached hydrogens (tertiary/aromatic N) is 2. The van der Waals surface area contributed by atoms with Gasteiger partial charge in [-0.25, -0.2) is 4.98 Å². The lowest BCUT2D eigenvalue weighted by atomic mass is 10.2. The van der Waals surface area contributed by atoms with Gasteiger partial charge in [-0.15, -0.1) is 0 Å². The number of carbonyl (C=O) groups is 1. The van der Waals surface area contributed by atoms with E-state index in [9.17, 15) is 4.79 Å². The van der Waals surface area contributed by atoms with Crippen LogP contribution < -0.4 is 14.8 Å². The first-order chi connectivity index (χ1) is 11.1. The lowest BCUT2D eigenvalue weighted by Crippen LogP contribution is -2.20. The highest BCUT2D eigenvalue weighted by Gasteiger charge is 2.12. The number of hydrogen-bond donors (Lipinski definition) is 1. The first-order valence-corrected chi connectivity index (χ1v) is 7.28. The SMILES string of the molecule is COc1ccc(NC(=O)c2ccccc2OCCN(C)C)cn1. The lowest BCUT2D eigenvalue weighted by Gasteiger charge is -2.14. The number of nitrogens with one attached hydrogen (secondary N) is 1. The number of para-hydroxylation sites is 1. The molecular formula is C17H21N3O3. The average Bonchev–Trinajstić information content (AvgIpc) is 2.55. The summed E-state index contributed by atoms with van der Waals surface area (Å²) in [6.07, 6.45) is 1.55. The number of carbonyl (C=O) groups excluding carboxylic acids is 1. The molecule has 0 radical (unpaired) electrons. The summed E-state index contributed by atoms with van der Waals surface area (Å²) in [6.45, 7) is 1.29. The summed E-state index contributed by atoms with van der Waals surface area (Å²) >= 11 is 0. The molecule has 2 aromatic rings. The van der Waals surface area contributed by atoms with Crippen molar-refractivity contribution in [3.05, 3.63) is 48.2 Å². The fraction of sp³-hybridized carbons (Fsp3) is 0.294. The monoisotopic (exact) mass is 315 g/mol. The van der Waals surface area contributed by atoms with Crippen molar-refractivity contribution >= 4 is 11.6 Å². The molecule has 0 atom stereocenters. The predicted molar refractivity (Wildman–Crippen MR) is 89.2 cm³/mol. The molecule has 0 saturated heterocycles. The molecule has 0 aliphatic carbocycles. The third-order valence-electron chi connectivity index (χ3n) is 3.13. The van der Waals surface area contributed by atoms with Gasteiger partial charge in [-0.3, -0.25) is 4.79 Å². The number of pyridine rings is 1. The molecule has 6 nitrogen and oxygen atoms in total. The van der Waals surface area contributed by atoms with Crippen LogP contribution in [0.4, 0.5) is 5.69 Å². The van der Waals surface area contributed by atoms with E-state index >= 15 is 0 Å². The summed E-state index contributed by atoms with van der Waals surface area (Å²) in [5, 5.41) is 2.80. The van der Waals surface area contributed by atoms with Gasteiger partial charge in [-0.05, 0) is 32.3 Å². The van der Waals surface area contributed by atoms with Gasteiger partial charge in [0.2, 0.25) is 5.88 Å². The van der Waals surface area contributed by atoms with E-state index in [1.54, 1.807) is 43.6 Å². The third kappa shape index (κ3) is 4.96. The number of rotatable bonds is 7. The van der Waals surface area contributed by atoms with Gasteiger partial charge in [-0.1, -0.05) is 12.1 Å². The topological polar surface area (TPSA) is 63.7 Å². The van der Waals surface area contributed by atoms with Crippen molar-refractivity contribution in [2.45, 2.75) is 0 Å². The average molecular weight is 315 g/mol. The molecule has 23 heavy (non-hydrogen) atoms. The highest BCUT2D eigenvalue weighted by atomic mass is 16.5. The standard InChI is InChI=1S/C17H21N3O3/c1-20(2)10-11-23-15-7-5-4-6-14(15)17(21)19-13-8-9-16(22-3)18-12-13/h4-9,12H,10-11H2,1-3H3,(H,19,21). The quantitative estimate of drug-likeness (QED) is 0.849. The van der Waals surface area contributed by atoms with Gasteiger partial charge < -0.3 is 19.7 Å². The lowest BCUT2D eigenvalue weighted by molar-refractivity contribution is 0.102. The molecule has 1 aromatic carbocycles. The highest BCUT2D eigenvalue weighted by Crippen LogP contribution is 2.20. The van der Waals surface area contributed by atoms with Crippen molar-refractivity contribution < 1.29 is 14.3 Å². The molecule has 1 aromatic heterocycles. The summed E-state index contributed by atoms with van der Waals surface area (Å²) in [6, 6.07) is 10.6. The van der Waals surface area contributed by atoms with Crippen molar-refractivity contribution in [1.82, 2.24) is 9.88 Å². The van der Waals surface area contributed by atoms with Crippen LogP contribution >= 0.6 is 0 Å². The van der Waals surface area contributed by atoms with E-state index in [2.05, 4.69) is 10.3 Å². The molecule has 0 saturated carbocycles. The van der Waals surface area contributed by atoms with E-state index < -0.39 is 0 Å². The molecule has 1 heterocycles. The van der Waals surface area contributed by atoms with Crippen molar-refractivity contribution in [1.29, 1.82) is 0 Å². The van der Waals surface area contributed by atoms with Gasteiger partial charge in [0.25, 0.3) is 5.91 Å². The largest absolute Gasteiger partial charge is 0.491 e. The summed E-state index contributed by atoms with van der Waals surface area (Å²) in [5.41, 5.74) is 1.08. The second kappa shape index (κ2) is 8.14. The summed E-state index contributed by atoms with van der Waals surface area (Å²) in [7, 11) is 5.49. The Morgan fingerprint density at radius 3 is 2.65 bits per heavy atom. The zero-order valence-corrected chi connectivity index (χ0v) is 13.6. The first-order valence-electron chi connectivity index (χ1n) is 7.28. The zero-order valence-electron chi connectivity index (χ0n) is 13.6. The molecule has 0 unspecified atom stereocenters. The van der Waals surface area contributed by atoms with Gasteiger partial charge in [0.1, 0.15) is 12.4 Å². The number of hydrogen-bond acceptors (Lipinski definition) is 5. The minimum Gasteiger partial charge on any atom is -0.491 e. The van der Waals surface area contributed by atoms with Crippen LogP contribution in [0.3, 0.4) is 0 Å². The van der Waals surface area contributed by atoms with Gasteiger partial charge in [-0.2, -0.15) is 0 Å².